The van der Waals surface area contributed by atoms with E-state index < -0.39 is 98.1 Å². The van der Waals surface area contributed by atoms with Gasteiger partial charge in [0.2, 0.25) is 11.8 Å². The third kappa shape index (κ3) is 10.8. The number of amides is 2. The van der Waals surface area contributed by atoms with E-state index in [4.69, 9.17) is 19.7 Å². The highest BCUT2D eigenvalue weighted by Gasteiger charge is 2.45. The predicted octanol–water partition coefficient (Wildman–Crippen LogP) is -7.60. The molecule has 2 saturated heterocycles. The SMILES string of the molecule is C[C@H](NC(=O)CNc1ncnc2c1ncn2[C@@H]1O[C@H](CO)[C@@H](O)[C@H]1O)C(=O)O.C[C@H](NC(=O)CNc1ncnc2c1ncn2[C@@H]1O[C@H](CO)[C@@H](O)[C@H]1O)C(=O)O.O.O.O. The van der Waals surface area contributed by atoms with Gasteiger partial charge in [-0.3, -0.25) is 28.3 Å². The molecule has 0 saturated carbocycles. The van der Waals surface area contributed by atoms with Crippen LogP contribution in [0.5, 0.6) is 0 Å². The van der Waals surface area contributed by atoms with E-state index in [1.165, 1.54) is 48.3 Å². The minimum absolute atomic E-state index is 0. The maximum atomic E-state index is 11.8. The van der Waals surface area contributed by atoms with Gasteiger partial charge in [0.25, 0.3) is 0 Å². The molecule has 18 N–H and O–H groups in total. The summed E-state index contributed by atoms with van der Waals surface area (Å²) in [6.45, 7) is 1.26. The van der Waals surface area contributed by atoms with E-state index in [2.05, 4.69) is 51.2 Å². The summed E-state index contributed by atoms with van der Waals surface area (Å²) in [5.74, 6) is -2.98. The zero-order valence-electron chi connectivity index (χ0n) is 31.0. The molecule has 59 heavy (non-hydrogen) atoms. The third-order valence-corrected chi connectivity index (χ3v) is 8.63. The van der Waals surface area contributed by atoms with Crippen LogP contribution in [0, 0.1) is 0 Å². The second-order valence-corrected chi connectivity index (χ2v) is 12.5. The number of ether oxygens (including phenoxy) is 2. The maximum Gasteiger partial charge on any atom is 0.325 e. The van der Waals surface area contributed by atoms with Crippen LogP contribution in [-0.2, 0) is 28.7 Å². The molecule has 0 bridgehead atoms. The molecule has 2 aliphatic rings. The summed E-state index contributed by atoms with van der Waals surface area (Å²) in [7, 11) is 0. The van der Waals surface area contributed by atoms with Gasteiger partial charge in [-0.05, 0) is 13.8 Å². The number of carbonyl (C=O) groups is 4. The van der Waals surface area contributed by atoms with Crippen LogP contribution in [0.3, 0.4) is 0 Å². The van der Waals surface area contributed by atoms with Crippen LogP contribution in [0.25, 0.3) is 22.3 Å². The van der Waals surface area contributed by atoms with E-state index >= 15 is 0 Å². The number of aliphatic hydroxyl groups is 6. The molecule has 6 rings (SSSR count). The first-order valence-electron chi connectivity index (χ1n) is 16.8. The predicted molar refractivity (Wildman–Crippen MR) is 195 cm³/mol. The van der Waals surface area contributed by atoms with Crippen LogP contribution in [0.4, 0.5) is 11.6 Å². The Hall–Kier alpha value is -5.86. The first kappa shape index (κ1) is 49.3. The topological polar surface area (TPSA) is 478 Å². The van der Waals surface area contributed by atoms with Gasteiger partial charge in [-0.2, -0.15) is 0 Å². The largest absolute Gasteiger partial charge is 0.480 e. The number of carbonyl (C=O) groups excluding carboxylic acids is 2. The number of hydrogen-bond donors (Lipinski definition) is 12. The summed E-state index contributed by atoms with van der Waals surface area (Å²) in [4.78, 5) is 69.7. The van der Waals surface area contributed by atoms with Crippen molar-refractivity contribution in [1.82, 2.24) is 49.7 Å². The summed E-state index contributed by atoms with van der Waals surface area (Å²) in [5.41, 5.74) is 1.09. The summed E-state index contributed by atoms with van der Waals surface area (Å²) in [6.07, 6.45) is -3.99. The highest BCUT2D eigenvalue weighted by molar-refractivity contribution is 5.89. The Morgan fingerprint density at radius 2 is 0.983 bits per heavy atom. The molecule has 2 amide bonds. The molecule has 328 valence electrons. The van der Waals surface area contributed by atoms with Crippen LogP contribution in [0.15, 0.2) is 25.3 Å². The Balaban J connectivity index is 0.000000387. The molecule has 2 fully saturated rings. The first-order valence-corrected chi connectivity index (χ1v) is 16.8. The number of carboxylic acids is 2. The Bertz CT molecular complexity index is 1900. The highest BCUT2D eigenvalue weighted by Crippen LogP contribution is 2.33. The van der Waals surface area contributed by atoms with Crippen molar-refractivity contribution >= 4 is 57.7 Å². The molecule has 4 aromatic heterocycles. The Labute approximate surface area is 330 Å². The number of anilines is 2. The standard InChI is InChI=1S/2C15H20N6O7.3H2O/c2*1-6(15(26)27)20-8(23)2-16-12-9-13(18-4-17-12)21(5-19-9)14-11(25)10(24)7(3-22)28-14;;;/h2*4-7,10-11,14,22,24-25H,2-3H2,1H3,(H,20,23)(H,26,27)(H,16,17,18);3*1H2/t2*6-,7+,10+,11+,14+;;;/m00.../s1. The lowest BCUT2D eigenvalue weighted by atomic mass is 10.1. The van der Waals surface area contributed by atoms with Crippen molar-refractivity contribution in [2.75, 3.05) is 36.9 Å². The fourth-order valence-corrected chi connectivity index (χ4v) is 5.59. The smallest absolute Gasteiger partial charge is 0.325 e. The average Bonchev–Trinajstić information content (AvgIpc) is 3.94. The number of nitrogens with zero attached hydrogens (tertiary/aromatic N) is 8. The van der Waals surface area contributed by atoms with Crippen LogP contribution in [0.2, 0.25) is 0 Å². The molecule has 29 heteroatoms. The van der Waals surface area contributed by atoms with Gasteiger partial charge in [0.15, 0.2) is 46.4 Å². The molecule has 0 aromatic carbocycles. The minimum atomic E-state index is -1.30. The van der Waals surface area contributed by atoms with E-state index in [-0.39, 0.29) is 63.5 Å². The third-order valence-electron chi connectivity index (χ3n) is 8.63. The average molecular weight is 847 g/mol. The summed E-state index contributed by atoms with van der Waals surface area (Å²) >= 11 is 0. The minimum Gasteiger partial charge on any atom is -0.480 e. The highest BCUT2D eigenvalue weighted by atomic mass is 16.6. The van der Waals surface area contributed by atoms with Gasteiger partial charge in [-0.1, -0.05) is 0 Å². The van der Waals surface area contributed by atoms with Gasteiger partial charge >= 0.3 is 11.9 Å². The second kappa shape index (κ2) is 21.2. The zero-order valence-corrected chi connectivity index (χ0v) is 31.0. The second-order valence-electron chi connectivity index (χ2n) is 12.5. The van der Waals surface area contributed by atoms with Gasteiger partial charge < -0.3 is 88.0 Å². The summed E-state index contributed by atoms with van der Waals surface area (Å²) < 4.78 is 13.7. The lowest BCUT2D eigenvalue weighted by molar-refractivity contribution is -0.141. The molecular weight excluding hydrogens is 800 g/mol. The van der Waals surface area contributed by atoms with Gasteiger partial charge in [-0.25, -0.2) is 29.9 Å². The van der Waals surface area contributed by atoms with Gasteiger partial charge in [0, 0.05) is 0 Å². The number of carboxylic acid groups (broad SMARTS) is 2. The molecule has 10 atom stereocenters. The monoisotopic (exact) mass is 846 g/mol. The molecule has 2 aliphatic heterocycles. The van der Waals surface area contributed by atoms with Crippen LogP contribution >= 0.6 is 0 Å². The van der Waals surface area contributed by atoms with Crippen molar-refractivity contribution in [2.45, 2.75) is 75.0 Å². The quantitative estimate of drug-likeness (QED) is 0.0561. The molecule has 29 nitrogen and oxygen atoms in total. The van der Waals surface area contributed by atoms with Crippen LogP contribution in [0.1, 0.15) is 26.3 Å². The maximum absolute atomic E-state index is 11.8. The number of rotatable bonds is 14. The van der Waals surface area contributed by atoms with E-state index in [0.717, 1.165) is 0 Å². The normalized spacial score (nSPS) is 24.3. The number of aliphatic hydroxyl groups excluding tert-OH is 6. The molecule has 0 aliphatic carbocycles. The van der Waals surface area contributed by atoms with Crippen molar-refractivity contribution in [1.29, 1.82) is 0 Å². The molecule has 0 unspecified atom stereocenters. The number of aliphatic carboxylic acids is 2. The van der Waals surface area contributed by atoms with E-state index in [1.54, 1.807) is 0 Å². The number of imidazole rings is 2. The molecule has 4 aromatic rings. The van der Waals surface area contributed by atoms with Crippen LogP contribution in [-0.4, -0.2) is 195 Å². The fraction of sp³-hybridized carbons (Fsp3) is 0.533. The van der Waals surface area contributed by atoms with Gasteiger partial charge in [0.05, 0.1) is 39.0 Å². The molecular formula is C30H46N12O17. The number of fused-ring (bicyclic) bond motifs is 2. The first-order chi connectivity index (χ1) is 26.7. The lowest BCUT2D eigenvalue weighted by Gasteiger charge is -2.16. The zero-order chi connectivity index (χ0) is 40.8. The van der Waals surface area contributed by atoms with Crippen molar-refractivity contribution in [3.8, 4) is 0 Å². The van der Waals surface area contributed by atoms with Crippen molar-refractivity contribution in [3.05, 3.63) is 25.3 Å². The van der Waals surface area contributed by atoms with Crippen molar-refractivity contribution < 1.29 is 85.9 Å². The Morgan fingerprint density at radius 1 is 0.627 bits per heavy atom. The van der Waals surface area contributed by atoms with Crippen molar-refractivity contribution in [3.63, 3.8) is 0 Å². The molecule has 0 radical (unpaired) electrons. The Morgan fingerprint density at radius 3 is 1.29 bits per heavy atom. The van der Waals surface area contributed by atoms with Gasteiger partial charge in [0.1, 0.15) is 61.4 Å². The Kier molecular flexibility index (Phi) is 17.7. The summed E-state index contributed by atoms with van der Waals surface area (Å²) in [6, 6.07) is -2.07. The number of aromatic nitrogens is 8. The van der Waals surface area contributed by atoms with E-state index in [0.29, 0.717) is 0 Å². The van der Waals surface area contributed by atoms with E-state index in [1.807, 2.05) is 0 Å². The number of nitrogens with one attached hydrogen (secondary N) is 4. The molecule has 0 spiro atoms. The number of hydrogen-bond acceptors (Lipinski definition) is 20. The van der Waals surface area contributed by atoms with E-state index in [9.17, 15) is 49.8 Å². The van der Waals surface area contributed by atoms with Crippen LogP contribution < -0.4 is 21.3 Å². The molecule has 6 heterocycles. The lowest BCUT2D eigenvalue weighted by Crippen LogP contribution is -2.41. The fourth-order valence-electron chi connectivity index (χ4n) is 5.59. The summed E-state index contributed by atoms with van der Waals surface area (Å²) in [5, 5.41) is 86.3. The van der Waals surface area contributed by atoms with Crippen molar-refractivity contribution in [2.24, 2.45) is 0 Å². The van der Waals surface area contributed by atoms with Gasteiger partial charge in [-0.15, -0.1) is 0 Å².